The summed E-state index contributed by atoms with van der Waals surface area (Å²) in [5.41, 5.74) is 1.31. The number of carbonyl (C=O) groups is 3. The van der Waals surface area contributed by atoms with Crippen molar-refractivity contribution >= 4 is 28.8 Å². The fourth-order valence-electron chi connectivity index (χ4n) is 2.59. The summed E-state index contributed by atoms with van der Waals surface area (Å²) >= 11 is 1.38. The molecule has 1 aliphatic heterocycles. The molecule has 118 valence electrons. The third-order valence-corrected chi connectivity index (χ3v) is 5.13. The number of ketones is 2. The Balaban J connectivity index is 1.80. The molecule has 6 heteroatoms. The Morgan fingerprint density at radius 3 is 2.83 bits per heavy atom. The van der Waals surface area contributed by atoms with E-state index in [2.05, 4.69) is 10.3 Å². The van der Waals surface area contributed by atoms with E-state index in [0.29, 0.717) is 23.4 Å². The Hall–Kier alpha value is -2.34. The van der Waals surface area contributed by atoms with Gasteiger partial charge in [0.25, 0.3) is 0 Å². The normalized spacial score (nSPS) is 17.1. The molecule has 2 aromatic heterocycles. The van der Waals surface area contributed by atoms with E-state index in [1.54, 1.807) is 18.3 Å². The van der Waals surface area contributed by atoms with E-state index < -0.39 is 0 Å². The van der Waals surface area contributed by atoms with E-state index >= 15 is 0 Å². The van der Waals surface area contributed by atoms with Crippen LogP contribution in [0.3, 0.4) is 0 Å². The van der Waals surface area contributed by atoms with Crippen molar-refractivity contribution in [2.24, 2.45) is 5.92 Å². The molecule has 3 heterocycles. The van der Waals surface area contributed by atoms with Crippen molar-refractivity contribution < 1.29 is 14.4 Å². The predicted molar refractivity (Wildman–Crippen MR) is 87.6 cm³/mol. The van der Waals surface area contributed by atoms with Crippen LogP contribution in [0.1, 0.15) is 39.8 Å². The van der Waals surface area contributed by atoms with Crippen LogP contribution in [0.5, 0.6) is 0 Å². The highest BCUT2D eigenvalue weighted by molar-refractivity contribution is 7.17. The van der Waals surface area contributed by atoms with Crippen LogP contribution in [0.15, 0.2) is 30.6 Å². The second-order valence-corrected chi connectivity index (χ2v) is 6.67. The molecule has 23 heavy (non-hydrogen) atoms. The molecule has 2 aromatic rings. The molecule has 1 amide bonds. The fourth-order valence-corrected chi connectivity index (χ4v) is 3.47. The number of Topliss-reactive ketones (excluding diaryl/α,β-unsaturated/α-hetero) is 2. The molecule has 1 unspecified atom stereocenters. The molecule has 1 saturated heterocycles. The molecule has 0 bridgehead atoms. The summed E-state index contributed by atoms with van der Waals surface area (Å²) < 4.78 is 0. The van der Waals surface area contributed by atoms with E-state index in [-0.39, 0.29) is 29.8 Å². The van der Waals surface area contributed by atoms with Crippen molar-refractivity contribution in [1.29, 1.82) is 0 Å². The van der Waals surface area contributed by atoms with Gasteiger partial charge in [0.15, 0.2) is 11.6 Å². The fraction of sp³-hybridized carbons (Fsp3) is 0.294. The lowest BCUT2D eigenvalue weighted by molar-refractivity contribution is -0.122. The van der Waals surface area contributed by atoms with Gasteiger partial charge in [-0.2, -0.15) is 0 Å². The Labute approximate surface area is 137 Å². The van der Waals surface area contributed by atoms with Gasteiger partial charge in [-0.1, -0.05) is 0 Å². The number of hydrogen-bond donors (Lipinski definition) is 1. The molecule has 3 rings (SSSR count). The standard InChI is InChI=1S/C17H16N2O3S/c1-10(20)15-2-3-16(23-15)13-6-12(8-18-9-13)14(21)7-11-4-5-19-17(11)22/h2-3,6,8-9,11H,4-5,7H2,1H3,(H,19,22). The zero-order valence-electron chi connectivity index (χ0n) is 12.7. The monoisotopic (exact) mass is 328 g/mol. The molecule has 5 nitrogen and oxygen atoms in total. The molecule has 0 aromatic carbocycles. The first-order valence-electron chi connectivity index (χ1n) is 7.41. The molecule has 0 aliphatic carbocycles. The lowest BCUT2D eigenvalue weighted by atomic mass is 9.97. The Kier molecular flexibility index (Phi) is 4.34. The van der Waals surface area contributed by atoms with Crippen LogP contribution >= 0.6 is 11.3 Å². The third kappa shape index (κ3) is 3.37. The number of rotatable bonds is 5. The summed E-state index contributed by atoms with van der Waals surface area (Å²) in [4.78, 5) is 41.1. The van der Waals surface area contributed by atoms with Crippen molar-refractivity contribution in [2.45, 2.75) is 19.8 Å². The summed E-state index contributed by atoms with van der Waals surface area (Å²) in [6.07, 6.45) is 4.11. The van der Waals surface area contributed by atoms with Crippen LogP contribution in [-0.2, 0) is 4.79 Å². The van der Waals surface area contributed by atoms with Crippen LogP contribution in [0.2, 0.25) is 0 Å². The van der Waals surface area contributed by atoms with Crippen LogP contribution < -0.4 is 5.32 Å². The van der Waals surface area contributed by atoms with Gasteiger partial charge in [0.1, 0.15) is 0 Å². The van der Waals surface area contributed by atoms with E-state index in [1.165, 1.54) is 24.5 Å². The number of nitrogens with zero attached hydrogens (tertiary/aromatic N) is 1. The Bertz CT molecular complexity index is 782. The molecule has 0 spiro atoms. The third-order valence-electron chi connectivity index (χ3n) is 3.89. The summed E-state index contributed by atoms with van der Waals surface area (Å²) in [7, 11) is 0. The summed E-state index contributed by atoms with van der Waals surface area (Å²) in [6.45, 7) is 2.17. The second-order valence-electron chi connectivity index (χ2n) is 5.59. The highest BCUT2D eigenvalue weighted by Crippen LogP contribution is 2.29. The van der Waals surface area contributed by atoms with Crippen LogP contribution in [-0.4, -0.2) is 29.0 Å². The smallest absolute Gasteiger partial charge is 0.223 e. The molecule has 0 saturated carbocycles. The molecule has 1 fully saturated rings. The molecule has 1 N–H and O–H groups in total. The maximum atomic E-state index is 12.4. The predicted octanol–water partition coefficient (Wildman–Crippen LogP) is 2.72. The second kappa shape index (κ2) is 6.42. The number of pyridine rings is 1. The van der Waals surface area contributed by atoms with E-state index in [0.717, 1.165) is 10.4 Å². The summed E-state index contributed by atoms with van der Waals surface area (Å²) in [5.74, 6) is -0.345. The first-order valence-corrected chi connectivity index (χ1v) is 8.23. The number of carbonyl (C=O) groups excluding carboxylic acids is 3. The molecule has 1 atom stereocenters. The summed E-state index contributed by atoms with van der Waals surface area (Å²) in [6, 6.07) is 5.41. The molecular formula is C17H16N2O3S. The van der Waals surface area contributed by atoms with Gasteiger partial charge in [0.2, 0.25) is 5.91 Å². The average molecular weight is 328 g/mol. The number of thiophene rings is 1. The van der Waals surface area contributed by atoms with E-state index in [1.807, 2.05) is 6.07 Å². The topological polar surface area (TPSA) is 76.1 Å². The lowest BCUT2D eigenvalue weighted by Gasteiger charge is -2.06. The van der Waals surface area contributed by atoms with Crippen molar-refractivity contribution in [3.05, 3.63) is 41.0 Å². The van der Waals surface area contributed by atoms with E-state index in [9.17, 15) is 14.4 Å². The Morgan fingerprint density at radius 2 is 2.17 bits per heavy atom. The van der Waals surface area contributed by atoms with Gasteiger partial charge in [-0.3, -0.25) is 19.4 Å². The minimum atomic E-state index is -0.239. The highest BCUT2D eigenvalue weighted by atomic mass is 32.1. The maximum Gasteiger partial charge on any atom is 0.223 e. The molecular weight excluding hydrogens is 312 g/mol. The van der Waals surface area contributed by atoms with Crippen molar-refractivity contribution in [1.82, 2.24) is 10.3 Å². The van der Waals surface area contributed by atoms with Crippen molar-refractivity contribution in [3.8, 4) is 10.4 Å². The van der Waals surface area contributed by atoms with Crippen LogP contribution in [0.25, 0.3) is 10.4 Å². The number of nitrogens with one attached hydrogen (secondary N) is 1. The number of hydrogen-bond acceptors (Lipinski definition) is 5. The van der Waals surface area contributed by atoms with Gasteiger partial charge >= 0.3 is 0 Å². The summed E-state index contributed by atoms with van der Waals surface area (Å²) in [5, 5.41) is 2.74. The zero-order chi connectivity index (χ0) is 16.4. The maximum absolute atomic E-state index is 12.4. The van der Waals surface area contributed by atoms with Gasteiger partial charge in [-0.05, 0) is 31.5 Å². The van der Waals surface area contributed by atoms with Gasteiger partial charge in [-0.25, -0.2) is 0 Å². The number of aromatic nitrogens is 1. The largest absolute Gasteiger partial charge is 0.356 e. The minimum absolute atomic E-state index is 0.0219. The first kappa shape index (κ1) is 15.6. The quantitative estimate of drug-likeness (QED) is 0.856. The molecule has 1 aliphatic rings. The van der Waals surface area contributed by atoms with Gasteiger partial charge in [-0.15, -0.1) is 11.3 Å². The lowest BCUT2D eigenvalue weighted by Crippen LogP contribution is -2.21. The van der Waals surface area contributed by atoms with Crippen molar-refractivity contribution in [3.63, 3.8) is 0 Å². The number of amides is 1. The van der Waals surface area contributed by atoms with Gasteiger partial charge < -0.3 is 5.32 Å². The van der Waals surface area contributed by atoms with Gasteiger partial charge in [0.05, 0.1) is 4.88 Å². The zero-order valence-corrected chi connectivity index (χ0v) is 13.5. The van der Waals surface area contributed by atoms with E-state index in [4.69, 9.17) is 0 Å². The van der Waals surface area contributed by atoms with Gasteiger partial charge in [0, 0.05) is 47.3 Å². The Morgan fingerprint density at radius 1 is 1.35 bits per heavy atom. The molecule has 0 radical (unpaired) electrons. The van der Waals surface area contributed by atoms with Crippen molar-refractivity contribution in [2.75, 3.05) is 6.54 Å². The average Bonchev–Trinajstić information content (AvgIpc) is 3.17. The van der Waals surface area contributed by atoms with Crippen LogP contribution in [0.4, 0.5) is 0 Å². The highest BCUT2D eigenvalue weighted by Gasteiger charge is 2.27. The first-order chi connectivity index (χ1) is 11.0. The SMILES string of the molecule is CC(=O)c1ccc(-c2cncc(C(=O)CC3CCNC3=O)c2)s1. The minimum Gasteiger partial charge on any atom is -0.356 e. The van der Waals surface area contributed by atoms with Crippen LogP contribution in [0, 0.1) is 5.92 Å².